The first-order valence-corrected chi connectivity index (χ1v) is 13.5. The predicted molar refractivity (Wildman–Crippen MR) is 140 cm³/mol. The largest absolute Gasteiger partial charge is 0.322 e. The zero-order chi connectivity index (χ0) is 25.0. The molecular weight excluding hydrogens is 458 g/mol. The van der Waals surface area contributed by atoms with Gasteiger partial charge in [-0.15, -0.1) is 0 Å². The van der Waals surface area contributed by atoms with Gasteiger partial charge in [0.25, 0.3) is 5.91 Å². The second-order valence-electron chi connectivity index (χ2n) is 9.39. The number of carbonyl (C=O) groups excluding carboxylic acids is 1. The molecule has 0 unspecified atom stereocenters. The molecule has 35 heavy (non-hydrogen) atoms. The standard InChI is InChI=1S/C28H33N3O3S/c1-21(2)26-6-4-5-7-27(26)29-28(32)24-12-10-23(11-13-24)20-30-16-18-31(19-17-30)35(33,34)25-14-8-22(3)9-15-25/h4-15,21H,16-20H2,1-3H3,(H,29,32). The number of sulfonamides is 1. The van der Waals surface area contributed by atoms with Gasteiger partial charge < -0.3 is 5.32 Å². The van der Waals surface area contributed by atoms with Crippen molar-refractivity contribution in [3.05, 3.63) is 95.1 Å². The van der Waals surface area contributed by atoms with Crippen LogP contribution in [-0.4, -0.2) is 49.7 Å². The number of nitrogens with one attached hydrogen (secondary N) is 1. The number of nitrogens with zero attached hydrogens (tertiary/aromatic N) is 2. The fraction of sp³-hybridized carbons (Fsp3) is 0.321. The molecule has 1 heterocycles. The first kappa shape index (κ1) is 25.1. The number of piperazine rings is 1. The molecule has 1 aliphatic heterocycles. The maximum absolute atomic E-state index is 12.9. The molecule has 7 heteroatoms. The molecule has 1 aliphatic rings. The summed E-state index contributed by atoms with van der Waals surface area (Å²) in [7, 11) is -3.46. The predicted octanol–water partition coefficient (Wildman–Crippen LogP) is 4.88. The molecule has 3 aromatic carbocycles. The third-order valence-electron chi connectivity index (χ3n) is 6.44. The van der Waals surface area contributed by atoms with E-state index >= 15 is 0 Å². The van der Waals surface area contributed by atoms with Crippen LogP contribution in [0.15, 0.2) is 77.7 Å². The molecule has 0 radical (unpaired) electrons. The van der Waals surface area contributed by atoms with E-state index in [1.165, 1.54) is 0 Å². The molecule has 6 nitrogen and oxygen atoms in total. The lowest BCUT2D eigenvalue weighted by Gasteiger charge is -2.34. The lowest BCUT2D eigenvalue weighted by Crippen LogP contribution is -2.48. The normalized spacial score (nSPS) is 15.3. The van der Waals surface area contributed by atoms with Crippen molar-refractivity contribution in [3.8, 4) is 0 Å². The fourth-order valence-corrected chi connectivity index (χ4v) is 5.74. The summed E-state index contributed by atoms with van der Waals surface area (Å²) in [6.45, 7) is 9.14. The van der Waals surface area contributed by atoms with Crippen molar-refractivity contribution >= 4 is 21.6 Å². The van der Waals surface area contributed by atoms with Gasteiger partial charge in [0.2, 0.25) is 10.0 Å². The van der Waals surface area contributed by atoms with Crippen molar-refractivity contribution < 1.29 is 13.2 Å². The SMILES string of the molecule is Cc1ccc(S(=O)(=O)N2CCN(Cc3ccc(C(=O)Nc4ccccc4C(C)C)cc3)CC2)cc1. The van der Waals surface area contributed by atoms with E-state index < -0.39 is 10.0 Å². The number of para-hydroxylation sites is 1. The molecule has 1 fully saturated rings. The van der Waals surface area contributed by atoms with Crippen LogP contribution in [0.25, 0.3) is 0 Å². The van der Waals surface area contributed by atoms with Crippen molar-refractivity contribution in [1.29, 1.82) is 0 Å². The van der Waals surface area contributed by atoms with Gasteiger partial charge in [-0.25, -0.2) is 8.42 Å². The van der Waals surface area contributed by atoms with Crippen LogP contribution >= 0.6 is 0 Å². The van der Waals surface area contributed by atoms with Gasteiger partial charge in [-0.2, -0.15) is 4.31 Å². The summed E-state index contributed by atoms with van der Waals surface area (Å²) in [6, 6.07) is 22.5. The minimum atomic E-state index is -3.46. The summed E-state index contributed by atoms with van der Waals surface area (Å²) < 4.78 is 27.4. The van der Waals surface area contributed by atoms with Gasteiger partial charge in [0.1, 0.15) is 0 Å². The van der Waals surface area contributed by atoms with E-state index in [0.29, 0.717) is 42.6 Å². The zero-order valence-electron chi connectivity index (χ0n) is 20.6. The van der Waals surface area contributed by atoms with Crippen molar-refractivity contribution in [2.75, 3.05) is 31.5 Å². The highest BCUT2D eigenvalue weighted by Gasteiger charge is 2.28. The van der Waals surface area contributed by atoms with E-state index in [9.17, 15) is 13.2 Å². The Hall–Kier alpha value is -3.00. The Labute approximate surface area is 208 Å². The summed E-state index contributed by atoms with van der Waals surface area (Å²) >= 11 is 0. The van der Waals surface area contributed by atoms with Crippen molar-refractivity contribution in [3.63, 3.8) is 0 Å². The van der Waals surface area contributed by atoms with E-state index in [-0.39, 0.29) is 5.91 Å². The average molecular weight is 492 g/mol. The molecule has 1 saturated heterocycles. The molecular formula is C28H33N3O3S. The van der Waals surface area contributed by atoms with Crippen molar-refractivity contribution in [2.24, 2.45) is 0 Å². The van der Waals surface area contributed by atoms with Gasteiger partial charge in [0.05, 0.1) is 4.90 Å². The Morgan fingerprint density at radius 1 is 0.886 bits per heavy atom. The number of rotatable bonds is 7. The van der Waals surface area contributed by atoms with Crippen LogP contribution in [0.1, 0.15) is 46.8 Å². The number of benzene rings is 3. The van der Waals surface area contributed by atoms with E-state index in [1.807, 2.05) is 67.6 Å². The Kier molecular flexibility index (Phi) is 7.69. The first-order valence-electron chi connectivity index (χ1n) is 12.0. The zero-order valence-corrected chi connectivity index (χ0v) is 21.4. The Morgan fingerprint density at radius 3 is 2.14 bits per heavy atom. The highest BCUT2D eigenvalue weighted by Crippen LogP contribution is 2.24. The second-order valence-corrected chi connectivity index (χ2v) is 11.3. The van der Waals surface area contributed by atoms with Crippen LogP contribution in [0, 0.1) is 6.92 Å². The highest BCUT2D eigenvalue weighted by atomic mass is 32.2. The lowest BCUT2D eigenvalue weighted by molar-refractivity contribution is 0.102. The highest BCUT2D eigenvalue weighted by molar-refractivity contribution is 7.89. The van der Waals surface area contributed by atoms with Crippen LogP contribution in [0.2, 0.25) is 0 Å². The molecule has 0 saturated carbocycles. The van der Waals surface area contributed by atoms with E-state index in [0.717, 1.165) is 28.9 Å². The molecule has 0 aromatic heterocycles. The topological polar surface area (TPSA) is 69.7 Å². The summed E-state index contributed by atoms with van der Waals surface area (Å²) in [6.07, 6.45) is 0. The number of aryl methyl sites for hydroxylation is 1. The third kappa shape index (κ3) is 5.99. The maximum atomic E-state index is 12.9. The fourth-order valence-electron chi connectivity index (χ4n) is 4.32. The van der Waals surface area contributed by atoms with E-state index in [4.69, 9.17) is 0 Å². The van der Waals surface area contributed by atoms with Gasteiger partial charge in [0.15, 0.2) is 0 Å². The van der Waals surface area contributed by atoms with E-state index in [1.54, 1.807) is 16.4 Å². The maximum Gasteiger partial charge on any atom is 0.255 e. The Balaban J connectivity index is 1.33. The minimum Gasteiger partial charge on any atom is -0.322 e. The van der Waals surface area contributed by atoms with Gasteiger partial charge in [0, 0.05) is 44.0 Å². The summed E-state index contributed by atoms with van der Waals surface area (Å²) in [4.78, 5) is 15.4. The number of amides is 1. The summed E-state index contributed by atoms with van der Waals surface area (Å²) in [5.41, 5.74) is 4.70. The molecule has 0 spiro atoms. The number of carbonyl (C=O) groups is 1. The molecule has 1 N–H and O–H groups in total. The number of hydrogen-bond donors (Lipinski definition) is 1. The van der Waals surface area contributed by atoms with Crippen LogP contribution in [0.3, 0.4) is 0 Å². The van der Waals surface area contributed by atoms with Gasteiger partial charge in [-0.05, 0) is 54.3 Å². The third-order valence-corrected chi connectivity index (χ3v) is 8.36. The van der Waals surface area contributed by atoms with Gasteiger partial charge >= 0.3 is 0 Å². The number of anilines is 1. The monoisotopic (exact) mass is 491 g/mol. The lowest BCUT2D eigenvalue weighted by atomic mass is 10.0. The van der Waals surface area contributed by atoms with Crippen LogP contribution < -0.4 is 5.32 Å². The molecule has 3 aromatic rings. The molecule has 0 bridgehead atoms. The van der Waals surface area contributed by atoms with Crippen LogP contribution in [-0.2, 0) is 16.6 Å². The quantitative estimate of drug-likeness (QED) is 0.512. The smallest absolute Gasteiger partial charge is 0.255 e. The number of hydrogen-bond acceptors (Lipinski definition) is 4. The van der Waals surface area contributed by atoms with Gasteiger partial charge in [-0.3, -0.25) is 9.69 Å². The minimum absolute atomic E-state index is 0.125. The first-order chi connectivity index (χ1) is 16.7. The van der Waals surface area contributed by atoms with Crippen molar-refractivity contribution in [2.45, 2.75) is 38.1 Å². The van der Waals surface area contributed by atoms with E-state index in [2.05, 4.69) is 24.1 Å². The van der Waals surface area contributed by atoms with Gasteiger partial charge in [-0.1, -0.05) is 61.9 Å². The molecule has 1 amide bonds. The Morgan fingerprint density at radius 2 is 1.51 bits per heavy atom. The summed E-state index contributed by atoms with van der Waals surface area (Å²) in [5.74, 6) is 0.195. The molecule has 0 aliphatic carbocycles. The molecule has 184 valence electrons. The molecule has 0 atom stereocenters. The van der Waals surface area contributed by atoms with Crippen LogP contribution in [0.4, 0.5) is 5.69 Å². The van der Waals surface area contributed by atoms with Crippen LogP contribution in [0.5, 0.6) is 0 Å². The van der Waals surface area contributed by atoms with Crippen molar-refractivity contribution in [1.82, 2.24) is 9.21 Å². The average Bonchev–Trinajstić information content (AvgIpc) is 2.85. The Bertz CT molecular complexity index is 1260. The summed E-state index contributed by atoms with van der Waals surface area (Å²) in [5, 5.41) is 3.03. The second kappa shape index (κ2) is 10.7. The molecule has 4 rings (SSSR count).